The van der Waals surface area contributed by atoms with Crippen molar-refractivity contribution < 1.29 is 0 Å². The second-order valence-corrected chi connectivity index (χ2v) is 7.24. The standard InChI is InChI=1S/C14H10Cl3N3S/c1-7-2-3-8(4-10(7)15)20-6-11(18)13(19-20)9-5-12(16)21-14(9)17/h2-6H,18H2,1H3. The van der Waals surface area contributed by atoms with Gasteiger partial charge < -0.3 is 5.73 Å². The van der Waals surface area contributed by atoms with Crippen LogP contribution in [0.15, 0.2) is 30.5 Å². The first-order valence-electron chi connectivity index (χ1n) is 6.02. The molecular formula is C14H10Cl3N3S. The number of rotatable bonds is 2. The van der Waals surface area contributed by atoms with Gasteiger partial charge in [-0.2, -0.15) is 5.10 Å². The van der Waals surface area contributed by atoms with Crippen molar-refractivity contribution in [2.24, 2.45) is 0 Å². The summed E-state index contributed by atoms with van der Waals surface area (Å²) in [7, 11) is 0. The monoisotopic (exact) mass is 357 g/mol. The van der Waals surface area contributed by atoms with Gasteiger partial charge in [0.2, 0.25) is 0 Å². The molecule has 0 fully saturated rings. The third kappa shape index (κ3) is 2.77. The molecule has 3 aromatic rings. The van der Waals surface area contributed by atoms with E-state index in [1.54, 1.807) is 16.9 Å². The van der Waals surface area contributed by atoms with Gasteiger partial charge in [0.25, 0.3) is 0 Å². The second-order valence-electron chi connectivity index (χ2n) is 4.55. The second kappa shape index (κ2) is 5.54. The number of nitrogens with zero attached hydrogens (tertiary/aromatic N) is 2. The molecule has 2 N–H and O–H groups in total. The summed E-state index contributed by atoms with van der Waals surface area (Å²) in [6.45, 7) is 1.95. The zero-order chi connectivity index (χ0) is 15.1. The van der Waals surface area contributed by atoms with E-state index in [1.807, 2.05) is 25.1 Å². The van der Waals surface area contributed by atoms with Crippen LogP contribution in [0, 0.1) is 6.92 Å². The molecule has 0 aliphatic rings. The minimum absolute atomic E-state index is 0.531. The van der Waals surface area contributed by atoms with Gasteiger partial charge in [0, 0.05) is 10.6 Å². The normalized spacial score (nSPS) is 11.0. The summed E-state index contributed by atoms with van der Waals surface area (Å²) < 4.78 is 2.85. The molecule has 108 valence electrons. The minimum Gasteiger partial charge on any atom is -0.396 e. The van der Waals surface area contributed by atoms with Crippen LogP contribution in [0.5, 0.6) is 0 Å². The smallest absolute Gasteiger partial charge is 0.118 e. The van der Waals surface area contributed by atoms with Crippen molar-refractivity contribution in [3.05, 3.63) is 49.7 Å². The van der Waals surface area contributed by atoms with E-state index < -0.39 is 0 Å². The molecular weight excluding hydrogens is 349 g/mol. The van der Waals surface area contributed by atoms with E-state index >= 15 is 0 Å². The maximum Gasteiger partial charge on any atom is 0.118 e. The molecule has 0 bridgehead atoms. The van der Waals surface area contributed by atoms with E-state index in [0.717, 1.165) is 16.8 Å². The summed E-state index contributed by atoms with van der Waals surface area (Å²) >= 11 is 19.6. The van der Waals surface area contributed by atoms with E-state index in [4.69, 9.17) is 40.5 Å². The third-order valence-corrected chi connectivity index (χ3v) is 4.97. The Labute approximate surface area is 140 Å². The molecule has 1 aromatic carbocycles. The van der Waals surface area contributed by atoms with Crippen LogP contribution in [0.4, 0.5) is 5.69 Å². The Morgan fingerprint density at radius 2 is 1.95 bits per heavy atom. The Hall–Kier alpha value is -1.20. The number of thiophene rings is 1. The van der Waals surface area contributed by atoms with Crippen LogP contribution < -0.4 is 5.73 Å². The fraction of sp³-hybridized carbons (Fsp3) is 0.0714. The fourth-order valence-corrected chi connectivity index (χ4v) is 3.60. The molecule has 2 aromatic heterocycles. The number of anilines is 1. The SMILES string of the molecule is Cc1ccc(-n2cc(N)c(-c3cc(Cl)sc3Cl)n2)cc1Cl. The summed E-state index contributed by atoms with van der Waals surface area (Å²) in [6, 6.07) is 7.47. The van der Waals surface area contributed by atoms with Gasteiger partial charge in [-0.3, -0.25) is 0 Å². The van der Waals surface area contributed by atoms with Gasteiger partial charge in [0.15, 0.2) is 0 Å². The number of hydrogen-bond donors (Lipinski definition) is 1. The lowest BCUT2D eigenvalue weighted by Crippen LogP contribution is -1.95. The van der Waals surface area contributed by atoms with Gasteiger partial charge in [-0.05, 0) is 30.7 Å². The Bertz CT molecular complexity index is 823. The highest BCUT2D eigenvalue weighted by Crippen LogP contribution is 2.39. The molecule has 0 radical (unpaired) electrons. The van der Waals surface area contributed by atoms with E-state index in [9.17, 15) is 0 Å². The summed E-state index contributed by atoms with van der Waals surface area (Å²) in [6.07, 6.45) is 1.73. The first kappa shape index (κ1) is 14.7. The van der Waals surface area contributed by atoms with Crippen molar-refractivity contribution in [2.45, 2.75) is 6.92 Å². The molecule has 0 aliphatic carbocycles. The number of hydrogen-bond acceptors (Lipinski definition) is 3. The first-order valence-corrected chi connectivity index (χ1v) is 7.97. The first-order chi connectivity index (χ1) is 9.95. The summed E-state index contributed by atoms with van der Waals surface area (Å²) in [5.74, 6) is 0. The molecule has 0 aliphatic heterocycles. The highest BCUT2D eigenvalue weighted by atomic mass is 35.5. The van der Waals surface area contributed by atoms with Gasteiger partial charge in [-0.1, -0.05) is 40.9 Å². The maximum atomic E-state index is 6.16. The van der Waals surface area contributed by atoms with Crippen LogP contribution in [0.3, 0.4) is 0 Å². The Kier molecular flexibility index (Phi) is 3.88. The lowest BCUT2D eigenvalue weighted by molar-refractivity contribution is 0.884. The van der Waals surface area contributed by atoms with Gasteiger partial charge >= 0.3 is 0 Å². The number of aryl methyl sites for hydroxylation is 1. The molecule has 0 saturated heterocycles. The predicted molar refractivity (Wildman–Crippen MR) is 91.1 cm³/mol. The van der Waals surface area contributed by atoms with Gasteiger partial charge in [0.05, 0.1) is 21.9 Å². The molecule has 2 heterocycles. The van der Waals surface area contributed by atoms with Crippen LogP contribution in [-0.2, 0) is 0 Å². The Morgan fingerprint density at radius 3 is 2.57 bits per heavy atom. The summed E-state index contributed by atoms with van der Waals surface area (Å²) in [5, 5.41) is 5.17. The number of nitrogen functional groups attached to an aromatic ring is 1. The van der Waals surface area contributed by atoms with Crippen LogP contribution in [0.1, 0.15) is 5.56 Å². The van der Waals surface area contributed by atoms with Crippen molar-refractivity contribution in [3.8, 4) is 16.9 Å². The van der Waals surface area contributed by atoms with Crippen molar-refractivity contribution in [1.29, 1.82) is 0 Å². The highest BCUT2D eigenvalue weighted by molar-refractivity contribution is 7.20. The van der Waals surface area contributed by atoms with E-state index in [1.165, 1.54) is 11.3 Å². The van der Waals surface area contributed by atoms with Crippen molar-refractivity contribution in [1.82, 2.24) is 9.78 Å². The number of halogens is 3. The Balaban J connectivity index is 2.09. The van der Waals surface area contributed by atoms with Crippen molar-refractivity contribution >= 4 is 51.8 Å². The largest absolute Gasteiger partial charge is 0.396 e. The minimum atomic E-state index is 0.531. The number of benzene rings is 1. The number of nitrogens with two attached hydrogens (primary N) is 1. The summed E-state index contributed by atoms with van der Waals surface area (Å²) in [5.41, 5.74) is 9.76. The van der Waals surface area contributed by atoms with E-state index in [-0.39, 0.29) is 0 Å². The predicted octanol–water partition coefficient (Wildman–Crippen LogP) is 5.45. The van der Waals surface area contributed by atoms with Gasteiger partial charge in [-0.25, -0.2) is 4.68 Å². The highest BCUT2D eigenvalue weighted by Gasteiger charge is 2.16. The van der Waals surface area contributed by atoms with Gasteiger partial charge in [-0.15, -0.1) is 11.3 Å². The molecule has 0 spiro atoms. The van der Waals surface area contributed by atoms with E-state index in [2.05, 4.69) is 5.10 Å². The zero-order valence-electron chi connectivity index (χ0n) is 10.9. The Morgan fingerprint density at radius 1 is 1.19 bits per heavy atom. The van der Waals surface area contributed by atoms with Crippen molar-refractivity contribution in [3.63, 3.8) is 0 Å². The molecule has 3 nitrogen and oxygen atoms in total. The average molecular weight is 359 g/mol. The van der Waals surface area contributed by atoms with Crippen LogP contribution in [0.2, 0.25) is 13.7 Å². The van der Waals surface area contributed by atoms with Crippen LogP contribution >= 0.6 is 46.1 Å². The number of aromatic nitrogens is 2. The quantitative estimate of drug-likeness (QED) is 0.662. The molecule has 0 saturated carbocycles. The third-order valence-electron chi connectivity index (χ3n) is 3.07. The molecule has 0 unspecified atom stereocenters. The average Bonchev–Trinajstić information content (AvgIpc) is 2.95. The fourth-order valence-electron chi connectivity index (χ4n) is 1.95. The van der Waals surface area contributed by atoms with E-state index in [0.29, 0.717) is 25.1 Å². The van der Waals surface area contributed by atoms with Crippen LogP contribution in [0.25, 0.3) is 16.9 Å². The zero-order valence-corrected chi connectivity index (χ0v) is 14.0. The lowest BCUT2D eigenvalue weighted by atomic mass is 10.2. The maximum absolute atomic E-state index is 6.16. The molecule has 21 heavy (non-hydrogen) atoms. The van der Waals surface area contributed by atoms with Crippen LogP contribution in [-0.4, -0.2) is 9.78 Å². The van der Waals surface area contributed by atoms with Gasteiger partial charge in [0.1, 0.15) is 10.0 Å². The molecule has 0 amide bonds. The molecule has 3 rings (SSSR count). The summed E-state index contributed by atoms with van der Waals surface area (Å²) in [4.78, 5) is 0. The topological polar surface area (TPSA) is 43.8 Å². The molecule has 7 heteroatoms. The lowest BCUT2D eigenvalue weighted by Gasteiger charge is -2.03. The molecule has 0 atom stereocenters. The van der Waals surface area contributed by atoms with Crippen molar-refractivity contribution in [2.75, 3.05) is 5.73 Å².